The number of aryl methyl sites for hydroxylation is 1. The van der Waals surface area contributed by atoms with Gasteiger partial charge < -0.3 is 4.74 Å². The SMILES string of the molecule is CCc1ccc(-c2ccc(C#Cc3ccc(OC(F)(F)F)cc3)cc2F)cc1. The molecule has 0 fully saturated rings. The lowest BCUT2D eigenvalue weighted by molar-refractivity contribution is -0.274. The highest BCUT2D eigenvalue weighted by molar-refractivity contribution is 5.65. The molecule has 0 saturated carbocycles. The van der Waals surface area contributed by atoms with Gasteiger partial charge in [-0.25, -0.2) is 4.39 Å². The van der Waals surface area contributed by atoms with E-state index in [0.29, 0.717) is 16.7 Å². The van der Waals surface area contributed by atoms with Crippen LogP contribution in [0.15, 0.2) is 66.7 Å². The molecule has 0 unspecified atom stereocenters. The van der Waals surface area contributed by atoms with Gasteiger partial charge in [0, 0.05) is 16.7 Å². The van der Waals surface area contributed by atoms with E-state index in [-0.39, 0.29) is 11.6 Å². The molecule has 3 rings (SSSR count). The maximum absolute atomic E-state index is 14.5. The third-order valence-electron chi connectivity index (χ3n) is 4.08. The van der Waals surface area contributed by atoms with Gasteiger partial charge in [-0.2, -0.15) is 0 Å². The highest BCUT2D eigenvalue weighted by atomic mass is 19.4. The third kappa shape index (κ3) is 5.14. The summed E-state index contributed by atoms with van der Waals surface area (Å²) in [6.45, 7) is 2.06. The fraction of sp³-hybridized carbons (Fsp3) is 0.130. The molecule has 0 amide bonds. The first-order valence-electron chi connectivity index (χ1n) is 8.61. The number of hydrogen-bond donors (Lipinski definition) is 0. The summed E-state index contributed by atoms with van der Waals surface area (Å²) in [7, 11) is 0. The zero-order chi connectivity index (χ0) is 20.1. The fourth-order valence-electron chi connectivity index (χ4n) is 2.63. The quantitative estimate of drug-likeness (QED) is 0.377. The molecule has 0 aromatic heterocycles. The number of alkyl halides is 3. The van der Waals surface area contributed by atoms with E-state index in [2.05, 4.69) is 23.5 Å². The molecule has 0 aliphatic carbocycles. The third-order valence-corrected chi connectivity index (χ3v) is 4.08. The number of hydrogen-bond acceptors (Lipinski definition) is 1. The Bertz CT molecular complexity index is 1010. The van der Waals surface area contributed by atoms with Crippen molar-refractivity contribution in [3.63, 3.8) is 0 Å². The second-order valence-electron chi connectivity index (χ2n) is 6.07. The summed E-state index contributed by atoms with van der Waals surface area (Å²) < 4.78 is 54.7. The van der Waals surface area contributed by atoms with Gasteiger partial charge in [0.15, 0.2) is 0 Å². The first-order chi connectivity index (χ1) is 13.3. The fourth-order valence-corrected chi connectivity index (χ4v) is 2.63. The summed E-state index contributed by atoms with van der Waals surface area (Å²) in [5, 5.41) is 0. The zero-order valence-electron chi connectivity index (χ0n) is 15.0. The van der Waals surface area contributed by atoms with Crippen molar-refractivity contribution < 1.29 is 22.3 Å². The van der Waals surface area contributed by atoms with Crippen molar-refractivity contribution in [3.8, 4) is 28.7 Å². The van der Waals surface area contributed by atoms with Crippen molar-refractivity contribution in [3.05, 3.63) is 89.2 Å². The maximum Gasteiger partial charge on any atom is 0.573 e. The lowest BCUT2D eigenvalue weighted by Crippen LogP contribution is -2.16. The smallest absolute Gasteiger partial charge is 0.406 e. The van der Waals surface area contributed by atoms with Gasteiger partial charge in [-0.1, -0.05) is 49.1 Å². The minimum Gasteiger partial charge on any atom is -0.406 e. The minimum absolute atomic E-state index is 0.317. The first kappa shape index (κ1) is 19.5. The summed E-state index contributed by atoms with van der Waals surface area (Å²) in [4.78, 5) is 0. The predicted molar refractivity (Wildman–Crippen MR) is 100 cm³/mol. The van der Waals surface area contributed by atoms with E-state index in [1.807, 2.05) is 24.3 Å². The number of benzene rings is 3. The van der Waals surface area contributed by atoms with Crippen molar-refractivity contribution in [1.82, 2.24) is 0 Å². The molecule has 3 aromatic rings. The van der Waals surface area contributed by atoms with Gasteiger partial charge in [0.05, 0.1) is 0 Å². The average molecular weight is 384 g/mol. The van der Waals surface area contributed by atoms with Crippen LogP contribution in [0.1, 0.15) is 23.6 Å². The Morgan fingerprint density at radius 2 is 1.43 bits per heavy atom. The molecule has 1 nitrogen and oxygen atoms in total. The summed E-state index contributed by atoms with van der Waals surface area (Å²) >= 11 is 0. The van der Waals surface area contributed by atoms with Crippen LogP contribution in [0, 0.1) is 17.7 Å². The molecule has 0 heterocycles. The normalized spacial score (nSPS) is 10.9. The van der Waals surface area contributed by atoms with Crippen molar-refractivity contribution in [2.75, 3.05) is 0 Å². The van der Waals surface area contributed by atoms with Crippen LogP contribution in [0.3, 0.4) is 0 Å². The largest absolute Gasteiger partial charge is 0.573 e. The Morgan fingerprint density at radius 3 is 2.00 bits per heavy atom. The lowest BCUT2D eigenvalue weighted by atomic mass is 10.0. The summed E-state index contributed by atoms with van der Waals surface area (Å²) in [5.41, 5.74) is 3.42. The van der Waals surface area contributed by atoms with E-state index in [1.165, 1.54) is 35.9 Å². The Morgan fingerprint density at radius 1 is 0.821 bits per heavy atom. The van der Waals surface area contributed by atoms with Crippen molar-refractivity contribution >= 4 is 0 Å². The minimum atomic E-state index is -4.73. The predicted octanol–water partition coefficient (Wildman–Crippen LogP) is 6.35. The lowest BCUT2D eigenvalue weighted by Gasteiger charge is -2.08. The van der Waals surface area contributed by atoms with Crippen LogP contribution in [0.5, 0.6) is 5.75 Å². The summed E-state index contributed by atoms with van der Waals surface area (Å²) in [5.74, 6) is 4.91. The average Bonchev–Trinajstić information content (AvgIpc) is 2.66. The molecule has 0 atom stereocenters. The molecule has 5 heteroatoms. The Balaban J connectivity index is 1.76. The second kappa shape index (κ2) is 8.18. The molecule has 0 spiro atoms. The topological polar surface area (TPSA) is 9.23 Å². The van der Waals surface area contributed by atoms with Crippen molar-refractivity contribution in [2.45, 2.75) is 19.7 Å². The number of rotatable bonds is 3. The van der Waals surface area contributed by atoms with Crippen LogP contribution < -0.4 is 4.74 Å². The molecule has 142 valence electrons. The summed E-state index contributed by atoms with van der Waals surface area (Å²) in [6, 6.07) is 17.6. The standard InChI is InChI=1S/C23H16F4O/c1-2-16-5-10-19(11-6-16)21-14-9-18(15-22(21)24)4-3-17-7-12-20(13-8-17)28-23(25,26)27/h5-15H,2H2,1H3. The Labute approximate surface area is 160 Å². The Hall–Kier alpha value is -3.26. The van der Waals surface area contributed by atoms with E-state index in [9.17, 15) is 17.6 Å². The van der Waals surface area contributed by atoms with Gasteiger partial charge in [0.2, 0.25) is 0 Å². The molecule has 0 aliphatic rings. The van der Waals surface area contributed by atoms with Gasteiger partial charge in [0.1, 0.15) is 11.6 Å². The van der Waals surface area contributed by atoms with Crippen LogP contribution in [0.4, 0.5) is 17.6 Å². The summed E-state index contributed by atoms with van der Waals surface area (Å²) in [6.07, 6.45) is -3.82. The molecule has 0 saturated heterocycles. The van der Waals surface area contributed by atoms with Crippen molar-refractivity contribution in [2.24, 2.45) is 0 Å². The van der Waals surface area contributed by atoms with Crippen LogP contribution in [0.2, 0.25) is 0 Å². The van der Waals surface area contributed by atoms with E-state index < -0.39 is 6.36 Å². The van der Waals surface area contributed by atoms with Crippen LogP contribution in [-0.2, 0) is 6.42 Å². The van der Waals surface area contributed by atoms with Crippen molar-refractivity contribution in [1.29, 1.82) is 0 Å². The monoisotopic (exact) mass is 384 g/mol. The molecule has 0 radical (unpaired) electrons. The van der Waals surface area contributed by atoms with Crippen LogP contribution >= 0.6 is 0 Å². The molecular formula is C23H16F4O. The molecular weight excluding hydrogens is 368 g/mol. The van der Waals surface area contributed by atoms with E-state index in [4.69, 9.17) is 0 Å². The van der Waals surface area contributed by atoms with Crippen LogP contribution in [-0.4, -0.2) is 6.36 Å². The first-order valence-corrected chi connectivity index (χ1v) is 8.61. The van der Waals surface area contributed by atoms with Gasteiger partial charge in [-0.3, -0.25) is 0 Å². The van der Waals surface area contributed by atoms with E-state index >= 15 is 0 Å². The highest BCUT2D eigenvalue weighted by Crippen LogP contribution is 2.25. The highest BCUT2D eigenvalue weighted by Gasteiger charge is 2.30. The molecule has 0 aliphatic heterocycles. The van der Waals surface area contributed by atoms with Crippen LogP contribution in [0.25, 0.3) is 11.1 Å². The molecule has 0 N–H and O–H groups in total. The Kier molecular flexibility index (Phi) is 5.70. The van der Waals surface area contributed by atoms with Gasteiger partial charge >= 0.3 is 6.36 Å². The molecule has 0 bridgehead atoms. The molecule has 28 heavy (non-hydrogen) atoms. The van der Waals surface area contributed by atoms with E-state index in [0.717, 1.165) is 12.0 Å². The maximum atomic E-state index is 14.5. The number of halogens is 4. The van der Waals surface area contributed by atoms with Gasteiger partial charge in [0.25, 0.3) is 0 Å². The molecule has 3 aromatic carbocycles. The van der Waals surface area contributed by atoms with E-state index in [1.54, 1.807) is 12.1 Å². The number of ether oxygens (including phenoxy) is 1. The second-order valence-corrected chi connectivity index (χ2v) is 6.07. The zero-order valence-corrected chi connectivity index (χ0v) is 15.0. The van der Waals surface area contributed by atoms with Gasteiger partial charge in [-0.15, -0.1) is 13.2 Å². The van der Waals surface area contributed by atoms with Gasteiger partial charge in [-0.05, 0) is 53.9 Å².